The Balaban J connectivity index is 2.88. The van der Waals surface area contributed by atoms with Crippen molar-refractivity contribution in [3.8, 4) is 0 Å². The average molecular weight is 265 g/mol. The van der Waals surface area contributed by atoms with Gasteiger partial charge in [-0.25, -0.2) is 4.79 Å². The fourth-order valence-corrected chi connectivity index (χ4v) is 2.66. The number of thiophene rings is 1. The van der Waals surface area contributed by atoms with Crippen molar-refractivity contribution in [1.82, 2.24) is 0 Å². The van der Waals surface area contributed by atoms with E-state index in [2.05, 4.69) is 20.7 Å². The van der Waals surface area contributed by atoms with Crippen molar-refractivity contribution in [3.63, 3.8) is 0 Å². The molecule has 3 nitrogen and oxygen atoms in total. The predicted octanol–water partition coefficient (Wildman–Crippen LogP) is 1.83. The van der Waals surface area contributed by atoms with Gasteiger partial charge in [-0.15, -0.1) is 11.3 Å². The van der Waals surface area contributed by atoms with E-state index >= 15 is 0 Å². The molecule has 0 aliphatic heterocycles. The topological polar surface area (TPSA) is 46.5 Å². The molecule has 0 aromatic carbocycles. The second-order valence-electron chi connectivity index (χ2n) is 2.35. The van der Waals surface area contributed by atoms with Crippen molar-refractivity contribution in [2.75, 3.05) is 13.7 Å². The highest BCUT2D eigenvalue weighted by Gasteiger charge is 2.12. The van der Waals surface area contributed by atoms with E-state index in [1.165, 1.54) is 18.4 Å². The van der Waals surface area contributed by atoms with Crippen LogP contribution < -0.4 is 0 Å². The molecule has 72 valence electrons. The number of aliphatic hydroxyl groups excluding tert-OH is 1. The molecule has 13 heavy (non-hydrogen) atoms. The molecule has 0 radical (unpaired) electrons. The summed E-state index contributed by atoms with van der Waals surface area (Å²) in [6.07, 6.45) is 0.558. The maximum Gasteiger partial charge on any atom is 0.348 e. The van der Waals surface area contributed by atoms with Crippen LogP contribution in [0.2, 0.25) is 0 Å². The van der Waals surface area contributed by atoms with E-state index in [0.717, 1.165) is 9.35 Å². The van der Waals surface area contributed by atoms with E-state index in [9.17, 15) is 4.79 Å². The molecule has 0 spiro atoms. The second-order valence-corrected chi connectivity index (χ2v) is 4.34. The third kappa shape index (κ3) is 2.52. The van der Waals surface area contributed by atoms with Gasteiger partial charge < -0.3 is 9.84 Å². The third-order valence-corrected chi connectivity index (χ3v) is 3.63. The number of esters is 1. The molecule has 0 atom stereocenters. The predicted molar refractivity (Wildman–Crippen MR) is 54.1 cm³/mol. The number of methoxy groups -OCH3 is 1. The zero-order valence-corrected chi connectivity index (χ0v) is 9.44. The summed E-state index contributed by atoms with van der Waals surface area (Å²) in [6.45, 7) is 0.0831. The molecule has 0 unspecified atom stereocenters. The monoisotopic (exact) mass is 264 g/mol. The molecule has 1 aromatic heterocycles. The van der Waals surface area contributed by atoms with Gasteiger partial charge in [-0.1, -0.05) is 0 Å². The number of halogens is 1. The number of carbonyl (C=O) groups is 1. The number of hydrogen-bond acceptors (Lipinski definition) is 4. The first-order chi connectivity index (χ1) is 6.19. The molecule has 5 heteroatoms. The molecule has 1 rings (SSSR count). The quantitative estimate of drug-likeness (QED) is 0.848. The maximum absolute atomic E-state index is 11.1. The van der Waals surface area contributed by atoms with Crippen LogP contribution in [0.5, 0.6) is 0 Å². The Labute approximate surface area is 88.5 Å². The lowest BCUT2D eigenvalue weighted by atomic mass is 10.3. The van der Waals surface area contributed by atoms with Crippen LogP contribution in [0.1, 0.15) is 14.5 Å². The van der Waals surface area contributed by atoms with Crippen molar-refractivity contribution in [2.24, 2.45) is 0 Å². The van der Waals surface area contributed by atoms with Crippen LogP contribution in [0.4, 0.5) is 0 Å². The minimum absolute atomic E-state index is 0.0831. The van der Waals surface area contributed by atoms with Crippen molar-refractivity contribution in [2.45, 2.75) is 6.42 Å². The Morgan fingerprint density at radius 2 is 2.46 bits per heavy atom. The van der Waals surface area contributed by atoms with Gasteiger partial charge in [-0.3, -0.25) is 0 Å². The van der Waals surface area contributed by atoms with E-state index < -0.39 is 0 Å². The molecule has 1 aromatic rings. The summed E-state index contributed by atoms with van der Waals surface area (Å²) >= 11 is 4.64. The van der Waals surface area contributed by atoms with Gasteiger partial charge in [0.15, 0.2) is 0 Å². The minimum atomic E-state index is -0.338. The standard InChI is InChI=1S/C8H9BrO3S/c1-12-8(11)7-4-5(9)6(13-7)2-3-10/h4,10H,2-3H2,1H3. The second kappa shape index (κ2) is 4.74. The smallest absolute Gasteiger partial charge is 0.348 e. The molecule has 0 fully saturated rings. The Hall–Kier alpha value is -0.390. The van der Waals surface area contributed by atoms with Gasteiger partial charge >= 0.3 is 5.97 Å². The lowest BCUT2D eigenvalue weighted by Crippen LogP contribution is -1.96. The van der Waals surface area contributed by atoms with E-state index in [4.69, 9.17) is 5.11 Å². The van der Waals surface area contributed by atoms with Crippen molar-refractivity contribution >= 4 is 33.2 Å². The Bertz CT molecular complexity index is 308. The molecule has 0 saturated carbocycles. The first-order valence-corrected chi connectivity index (χ1v) is 5.27. The van der Waals surface area contributed by atoms with E-state index in [1.54, 1.807) is 6.07 Å². The number of hydrogen-bond donors (Lipinski definition) is 1. The fraction of sp³-hybridized carbons (Fsp3) is 0.375. The highest BCUT2D eigenvalue weighted by atomic mass is 79.9. The SMILES string of the molecule is COC(=O)c1cc(Br)c(CCO)s1. The number of aliphatic hydroxyl groups is 1. The van der Waals surface area contributed by atoms with Crippen molar-refractivity contribution < 1.29 is 14.6 Å². The molecule has 0 bridgehead atoms. The summed E-state index contributed by atoms with van der Waals surface area (Å²) in [5.41, 5.74) is 0. The third-order valence-electron chi connectivity index (χ3n) is 1.48. The van der Waals surface area contributed by atoms with E-state index in [0.29, 0.717) is 11.3 Å². The normalized spacial score (nSPS) is 10.1. The number of carbonyl (C=O) groups excluding carboxylic acids is 1. The van der Waals surface area contributed by atoms with E-state index in [1.807, 2.05) is 0 Å². The van der Waals surface area contributed by atoms with E-state index in [-0.39, 0.29) is 12.6 Å². The molecule has 0 aliphatic carbocycles. The molecular formula is C8H9BrO3S. The summed E-state index contributed by atoms with van der Waals surface area (Å²) < 4.78 is 5.42. The zero-order chi connectivity index (χ0) is 9.84. The molecular weight excluding hydrogens is 256 g/mol. The highest BCUT2D eigenvalue weighted by Crippen LogP contribution is 2.28. The lowest BCUT2D eigenvalue weighted by Gasteiger charge is -1.92. The van der Waals surface area contributed by atoms with Crippen LogP contribution in [-0.4, -0.2) is 24.8 Å². The number of rotatable bonds is 3. The van der Waals surface area contributed by atoms with Crippen LogP contribution in [0.25, 0.3) is 0 Å². The minimum Gasteiger partial charge on any atom is -0.465 e. The fourth-order valence-electron chi connectivity index (χ4n) is 0.880. The van der Waals surface area contributed by atoms with Crippen molar-refractivity contribution in [1.29, 1.82) is 0 Å². The molecule has 0 saturated heterocycles. The first kappa shape index (κ1) is 10.7. The molecule has 1 heterocycles. The van der Waals surface area contributed by atoms with Crippen LogP contribution in [0.3, 0.4) is 0 Å². The van der Waals surface area contributed by atoms with Crippen LogP contribution in [0.15, 0.2) is 10.5 Å². The molecule has 0 aliphatic rings. The summed E-state index contributed by atoms with van der Waals surface area (Å²) in [4.78, 5) is 12.6. The van der Waals surface area contributed by atoms with Gasteiger partial charge in [0.2, 0.25) is 0 Å². The summed E-state index contributed by atoms with van der Waals surface area (Å²) in [5, 5.41) is 8.72. The van der Waals surface area contributed by atoms with Crippen LogP contribution >= 0.6 is 27.3 Å². The number of ether oxygens (including phenoxy) is 1. The molecule has 0 amide bonds. The van der Waals surface area contributed by atoms with Crippen molar-refractivity contribution in [3.05, 3.63) is 20.3 Å². The largest absolute Gasteiger partial charge is 0.465 e. The first-order valence-electron chi connectivity index (χ1n) is 3.66. The summed E-state index contributed by atoms with van der Waals surface area (Å²) in [7, 11) is 1.35. The summed E-state index contributed by atoms with van der Waals surface area (Å²) in [5.74, 6) is -0.338. The van der Waals surface area contributed by atoms with Gasteiger partial charge in [-0.2, -0.15) is 0 Å². The zero-order valence-electron chi connectivity index (χ0n) is 7.04. The van der Waals surface area contributed by atoms with Gasteiger partial charge in [0.1, 0.15) is 4.88 Å². The summed E-state index contributed by atoms with van der Waals surface area (Å²) in [6, 6.07) is 1.71. The van der Waals surface area contributed by atoms with Gasteiger partial charge in [-0.05, 0) is 22.0 Å². The Kier molecular flexibility index (Phi) is 3.90. The van der Waals surface area contributed by atoms with Crippen LogP contribution in [-0.2, 0) is 11.2 Å². The Morgan fingerprint density at radius 3 is 3.00 bits per heavy atom. The lowest BCUT2D eigenvalue weighted by molar-refractivity contribution is 0.0606. The average Bonchev–Trinajstić information content (AvgIpc) is 2.47. The van der Waals surface area contributed by atoms with Gasteiger partial charge in [0.05, 0.1) is 7.11 Å². The van der Waals surface area contributed by atoms with Crippen LogP contribution in [0, 0.1) is 0 Å². The molecule has 1 N–H and O–H groups in total. The van der Waals surface area contributed by atoms with Gasteiger partial charge in [0, 0.05) is 22.4 Å². The Morgan fingerprint density at radius 1 is 1.77 bits per heavy atom. The maximum atomic E-state index is 11.1. The van der Waals surface area contributed by atoms with Gasteiger partial charge in [0.25, 0.3) is 0 Å². The highest BCUT2D eigenvalue weighted by molar-refractivity contribution is 9.10.